The zero-order valence-corrected chi connectivity index (χ0v) is 14.9. The average Bonchev–Trinajstić information content (AvgIpc) is 2.86. The lowest BCUT2D eigenvalue weighted by Gasteiger charge is -2.31. The van der Waals surface area contributed by atoms with Gasteiger partial charge in [-0.15, -0.1) is 11.3 Å². The van der Waals surface area contributed by atoms with Gasteiger partial charge in [-0.05, 0) is 37.9 Å². The fourth-order valence-electron chi connectivity index (χ4n) is 2.98. The number of hydrogen-bond donors (Lipinski definition) is 1. The maximum absolute atomic E-state index is 12.3. The molecule has 0 saturated heterocycles. The molecule has 1 aliphatic rings. The van der Waals surface area contributed by atoms with Gasteiger partial charge in [0.2, 0.25) is 5.91 Å². The molecule has 0 aromatic carbocycles. The van der Waals surface area contributed by atoms with Crippen molar-refractivity contribution in [1.29, 1.82) is 0 Å². The molecule has 1 fully saturated rings. The number of aliphatic hydroxyl groups is 1. The maximum Gasteiger partial charge on any atom is 0.236 e. The van der Waals surface area contributed by atoms with Crippen molar-refractivity contribution >= 4 is 28.8 Å². The molecule has 0 radical (unpaired) electrons. The Bertz CT molecular complexity index is 494. The maximum atomic E-state index is 12.3. The first-order chi connectivity index (χ1) is 10.5. The molecule has 2 atom stereocenters. The molecule has 1 aliphatic carbocycles. The summed E-state index contributed by atoms with van der Waals surface area (Å²) in [5, 5.41) is 10.0. The van der Waals surface area contributed by atoms with E-state index in [-0.39, 0.29) is 12.0 Å². The molecule has 6 heteroatoms. The van der Waals surface area contributed by atoms with E-state index in [0.717, 1.165) is 35.0 Å². The first kappa shape index (κ1) is 17.7. The van der Waals surface area contributed by atoms with Crippen LogP contribution in [0.2, 0.25) is 4.34 Å². The van der Waals surface area contributed by atoms with E-state index in [4.69, 9.17) is 11.6 Å². The highest BCUT2D eigenvalue weighted by molar-refractivity contribution is 7.16. The van der Waals surface area contributed by atoms with Gasteiger partial charge in [-0.3, -0.25) is 9.69 Å². The largest absolute Gasteiger partial charge is 0.393 e. The number of nitrogens with zero attached hydrogens (tertiary/aromatic N) is 2. The molecule has 124 valence electrons. The lowest BCUT2D eigenvalue weighted by Crippen LogP contribution is -2.41. The van der Waals surface area contributed by atoms with Crippen molar-refractivity contribution in [3.05, 3.63) is 21.3 Å². The number of hydrogen-bond acceptors (Lipinski definition) is 4. The molecule has 2 unspecified atom stereocenters. The Morgan fingerprint density at radius 3 is 2.73 bits per heavy atom. The third-order valence-electron chi connectivity index (χ3n) is 4.27. The highest BCUT2D eigenvalue weighted by Gasteiger charge is 2.25. The molecule has 1 aromatic rings. The molecule has 1 aromatic heterocycles. The summed E-state index contributed by atoms with van der Waals surface area (Å²) in [5.74, 6) is 0.394. The quantitative estimate of drug-likeness (QED) is 0.863. The Balaban J connectivity index is 1.77. The molecular weight excluding hydrogens is 320 g/mol. The number of likely N-dealkylation sites (N-methyl/N-ethyl adjacent to an activating group) is 2. The van der Waals surface area contributed by atoms with Crippen LogP contribution in [0.4, 0.5) is 0 Å². The molecule has 1 amide bonds. The second-order valence-corrected chi connectivity index (χ2v) is 8.06. The molecule has 22 heavy (non-hydrogen) atoms. The van der Waals surface area contributed by atoms with Gasteiger partial charge in [0.1, 0.15) is 0 Å². The van der Waals surface area contributed by atoms with Crippen LogP contribution in [0.5, 0.6) is 0 Å². The van der Waals surface area contributed by atoms with E-state index in [9.17, 15) is 9.90 Å². The molecule has 0 bridgehead atoms. The predicted octanol–water partition coefficient (Wildman–Crippen LogP) is 2.84. The Kier molecular flexibility index (Phi) is 6.68. The number of carbonyl (C=O) groups is 1. The summed E-state index contributed by atoms with van der Waals surface area (Å²) < 4.78 is 0.749. The van der Waals surface area contributed by atoms with Crippen LogP contribution in [0.15, 0.2) is 12.1 Å². The summed E-state index contributed by atoms with van der Waals surface area (Å²) in [6.07, 6.45) is 4.04. The summed E-state index contributed by atoms with van der Waals surface area (Å²) in [7, 11) is 3.77. The second kappa shape index (κ2) is 8.29. The van der Waals surface area contributed by atoms with Crippen LogP contribution in [-0.4, -0.2) is 54.1 Å². The number of aliphatic hydroxyl groups excluding tert-OH is 1. The first-order valence-electron chi connectivity index (χ1n) is 7.80. The summed E-state index contributed by atoms with van der Waals surface area (Å²) in [5.41, 5.74) is 0. The van der Waals surface area contributed by atoms with Crippen molar-refractivity contribution in [2.24, 2.45) is 5.92 Å². The van der Waals surface area contributed by atoms with Crippen molar-refractivity contribution in [1.82, 2.24) is 9.80 Å². The molecule has 0 aliphatic heterocycles. The SMILES string of the molecule is CN(CC(=O)N(C)Cc1ccc(Cl)s1)CC1CCCCC1O. The van der Waals surface area contributed by atoms with E-state index in [2.05, 4.69) is 0 Å². The van der Waals surface area contributed by atoms with Crippen LogP contribution >= 0.6 is 22.9 Å². The van der Waals surface area contributed by atoms with Crippen LogP contribution in [0, 0.1) is 5.92 Å². The lowest BCUT2D eigenvalue weighted by molar-refractivity contribution is -0.131. The number of rotatable bonds is 6. The van der Waals surface area contributed by atoms with Crippen molar-refractivity contribution < 1.29 is 9.90 Å². The zero-order chi connectivity index (χ0) is 16.1. The molecule has 1 heterocycles. The Labute approximate surface area is 141 Å². The van der Waals surface area contributed by atoms with Gasteiger partial charge < -0.3 is 10.0 Å². The van der Waals surface area contributed by atoms with Gasteiger partial charge in [-0.2, -0.15) is 0 Å². The van der Waals surface area contributed by atoms with E-state index in [0.29, 0.717) is 19.0 Å². The van der Waals surface area contributed by atoms with Crippen LogP contribution in [0.25, 0.3) is 0 Å². The topological polar surface area (TPSA) is 43.8 Å². The van der Waals surface area contributed by atoms with E-state index in [1.54, 1.807) is 4.90 Å². The van der Waals surface area contributed by atoms with Gasteiger partial charge in [0.05, 0.1) is 23.5 Å². The van der Waals surface area contributed by atoms with Crippen LogP contribution in [-0.2, 0) is 11.3 Å². The number of amides is 1. The highest BCUT2D eigenvalue weighted by Crippen LogP contribution is 2.25. The normalized spacial score (nSPS) is 22.0. The van der Waals surface area contributed by atoms with Gasteiger partial charge >= 0.3 is 0 Å². The predicted molar refractivity (Wildman–Crippen MR) is 91.3 cm³/mol. The van der Waals surface area contributed by atoms with Crippen LogP contribution in [0.1, 0.15) is 30.6 Å². The number of halogens is 1. The molecular formula is C16H25ClN2O2S. The Hall–Kier alpha value is -0.620. The number of carbonyl (C=O) groups excluding carboxylic acids is 1. The smallest absolute Gasteiger partial charge is 0.236 e. The van der Waals surface area contributed by atoms with Crippen molar-refractivity contribution in [2.45, 2.75) is 38.3 Å². The van der Waals surface area contributed by atoms with Crippen molar-refractivity contribution in [3.8, 4) is 0 Å². The Morgan fingerprint density at radius 2 is 2.09 bits per heavy atom. The summed E-state index contributed by atoms with van der Waals surface area (Å²) in [6.45, 7) is 1.76. The average molecular weight is 345 g/mol. The third kappa shape index (κ3) is 5.23. The third-order valence-corrected chi connectivity index (χ3v) is 5.48. The number of thiophene rings is 1. The minimum absolute atomic E-state index is 0.0947. The molecule has 1 saturated carbocycles. The van der Waals surface area contributed by atoms with Gasteiger partial charge in [0.15, 0.2) is 0 Å². The monoisotopic (exact) mass is 344 g/mol. The lowest BCUT2D eigenvalue weighted by atomic mass is 9.86. The molecule has 1 N–H and O–H groups in total. The van der Waals surface area contributed by atoms with E-state index in [1.165, 1.54) is 17.8 Å². The highest BCUT2D eigenvalue weighted by atomic mass is 35.5. The van der Waals surface area contributed by atoms with E-state index >= 15 is 0 Å². The van der Waals surface area contributed by atoms with Gasteiger partial charge in [-0.1, -0.05) is 24.4 Å². The van der Waals surface area contributed by atoms with Crippen LogP contribution in [0.3, 0.4) is 0 Å². The van der Waals surface area contributed by atoms with Crippen LogP contribution < -0.4 is 0 Å². The minimum Gasteiger partial charge on any atom is -0.393 e. The van der Waals surface area contributed by atoms with Crippen molar-refractivity contribution in [3.63, 3.8) is 0 Å². The fraction of sp³-hybridized carbons (Fsp3) is 0.688. The summed E-state index contributed by atoms with van der Waals surface area (Å²) in [4.78, 5) is 17.1. The fourth-order valence-corrected chi connectivity index (χ4v) is 4.12. The van der Waals surface area contributed by atoms with E-state index < -0.39 is 0 Å². The summed E-state index contributed by atoms with van der Waals surface area (Å²) >= 11 is 7.42. The zero-order valence-electron chi connectivity index (χ0n) is 13.3. The standard InChI is InChI=1S/C16H25ClN2O2S/c1-18(9-12-5-3-4-6-14(12)20)11-16(21)19(2)10-13-7-8-15(17)22-13/h7-8,12,14,20H,3-6,9-11H2,1-2H3. The minimum atomic E-state index is -0.211. The first-order valence-corrected chi connectivity index (χ1v) is 9.00. The summed E-state index contributed by atoms with van der Waals surface area (Å²) in [6, 6.07) is 3.81. The van der Waals surface area contributed by atoms with Gasteiger partial charge in [0, 0.05) is 18.5 Å². The molecule has 4 nitrogen and oxygen atoms in total. The van der Waals surface area contributed by atoms with Crippen molar-refractivity contribution in [2.75, 3.05) is 27.2 Å². The van der Waals surface area contributed by atoms with E-state index in [1.807, 2.05) is 31.1 Å². The van der Waals surface area contributed by atoms with Gasteiger partial charge in [-0.25, -0.2) is 0 Å². The molecule has 2 rings (SSSR count). The molecule has 0 spiro atoms. The van der Waals surface area contributed by atoms with Gasteiger partial charge in [0.25, 0.3) is 0 Å². The Morgan fingerprint density at radius 1 is 1.36 bits per heavy atom. The second-order valence-electron chi connectivity index (χ2n) is 6.26.